The second-order valence-electron chi connectivity index (χ2n) is 4.77. The fourth-order valence-corrected chi connectivity index (χ4v) is 2.45. The van der Waals surface area contributed by atoms with Crippen molar-refractivity contribution in [3.63, 3.8) is 0 Å². The lowest BCUT2D eigenvalue weighted by atomic mass is 9.97. The van der Waals surface area contributed by atoms with E-state index in [-0.39, 0.29) is 0 Å². The Bertz CT molecular complexity index is 565. The first-order valence-electron chi connectivity index (χ1n) is 6.14. The van der Waals surface area contributed by atoms with E-state index in [0.717, 1.165) is 17.2 Å². The van der Waals surface area contributed by atoms with Gasteiger partial charge in [0.25, 0.3) is 0 Å². The number of rotatable bonds is 2. The van der Waals surface area contributed by atoms with Crippen molar-refractivity contribution in [3.05, 3.63) is 46.4 Å². The van der Waals surface area contributed by atoms with E-state index in [1.807, 2.05) is 13.0 Å². The maximum Gasteiger partial charge on any atom is 0.126 e. The molecule has 0 aliphatic heterocycles. The maximum atomic E-state index is 5.68. The molecule has 18 heavy (non-hydrogen) atoms. The predicted molar refractivity (Wildman–Crippen MR) is 74.3 cm³/mol. The van der Waals surface area contributed by atoms with Gasteiger partial charge in [-0.3, -0.25) is 0 Å². The Morgan fingerprint density at radius 2 is 1.56 bits per heavy atom. The lowest BCUT2D eigenvalue weighted by Gasteiger charge is -2.12. The van der Waals surface area contributed by atoms with Crippen LogP contribution >= 0.6 is 0 Å². The summed E-state index contributed by atoms with van der Waals surface area (Å²) >= 11 is 0. The lowest BCUT2D eigenvalue weighted by Crippen LogP contribution is -2.04. The van der Waals surface area contributed by atoms with Crippen LogP contribution in [0.1, 0.15) is 28.2 Å². The number of hydrogen-bond acceptors (Lipinski definition) is 3. The smallest absolute Gasteiger partial charge is 0.126 e. The molecule has 0 saturated heterocycles. The third kappa shape index (κ3) is 2.41. The minimum absolute atomic E-state index is 0.445. The standard InChI is InChI=1S/C15H19N3/c1-9-5-10(2)15(11(3)6-9)14-7-13(8-16)17-12(4)18-14/h5-7H,8,16H2,1-4H3. The predicted octanol–water partition coefficient (Wildman–Crippen LogP) is 2.84. The summed E-state index contributed by atoms with van der Waals surface area (Å²) in [4.78, 5) is 8.86. The normalized spacial score (nSPS) is 10.7. The van der Waals surface area contributed by atoms with Crippen LogP contribution in [0.2, 0.25) is 0 Å². The molecule has 3 heteroatoms. The molecule has 0 unspecified atom stereocenters. The highest BCUT2D eigenvalue weighted by Crippen LogP contribution is 2.27. The SMILES string of the molecule is Cc1cc(C)c(-c2cc(CN)nc(C)n2)c(C)c1. The molecular weight excluding hydrogens is 222 g/mol. The largest absolute Gasteiger partial charge is 0.325 e. The Morgan fingerprint density at radius 3 is 2.11 bits per heavy atom. The first-order valence-corrected chi connectivity index (χ1v) is 6.14. The van der Waals surface area contributed by atoms with Crippen LogP contribution < -0.4 is 5.73 Å². The summed E-state index contributed by atoms with van der Waals surface area (Å²) < 4.78 is 0. The molecule has 0 bridgehead atoms. The van der Waals surface area contributed by atoms with Crippen LogP contribution in [-0.4, -0.2) is 9.97 Å². The number of hydrogen-bond donors (Lipinski definition) is 1. The zero-order valence-corrected chi connectivity index (χ0v) is 11.4. The molecule has 0 amide bonds. The van der Waals surface area contributed by atoms with Crippen molar-refractivity contribution in [1.29, 1.82) is 0 Å². The first-order chi connectivity index (χ1) is 8.51. The average Bonchev–Trinajstić information content (AvgIpc) is 2.26. The summed E-state index contributed by atoms with van der Waals surface area (Å²) in [5.41, 5.74) is 12.5. The fourth-order valence-electron chi connectivity index (χ4n) is 2.45. The molecular formula is C15H19N3. The Balaban J connectivity index is 2.65. The van der Waals surface area contributed by atoms with E-state index in [1.54, 1.807) is 0 Å². The Labute approximate surface area is 108 Å². The highest BCUT2D eigenvalue weighted by molar-refractivity contribution is 5.68. The molecule has 0 aliphatic rings. The molecule has 3 nitrogen and oxygen atoms in total. The molecule has 2 aromatic rings. The van der Waals surface area contributed by atoms with Gasteiger partial charge < -0.3 is 5.73 Å². The van der Waals surface area contributed by atoms with Crippen LogP contribution in [-0.2, 0) is 6.54 Å². The van der Waals surface area contributed by atoms with Gasteiger partial charge in [0, 0.05) is 12.1 Å². The van der Waals surface area contributed by atoms with Crippen LogP contribution in [0.4, 0.5) is 0 Å². The molecule has 0 spiro atoms. The summed E-state index contributed by atoms with van der Waals surface area (Å²) in [5.74, 6) is 0.771. The number of aryl methyl sites for hydroxylation is 4. The zero-order chi connectivity index (χ0) is 13.3. The fraction of sp³-hybridized carbons (Fsp3) is 0.333. The summed E-state index contributed by atoms with van der Waals surface area (Å²) in [6.07, 6.45) is 0. The van der Waals surface area contributed by atoms with Gasteiger partial charge in [-0.25, -0.2) is 9.97 Å². The maximum absolute atomic E-state index is 5.68. The summed E-state index contributed by atoms with van der Waals surface area (Å²) in [6, 6.07) is 6.35. The van der Waals surface area contributed by atoms with E-state index >= 15 is 0 Å². The quantitative estimate of drug-likeness (QED) is 0.879. The third-order valence-electron chi connectivity index (χ3n) is 3.03. The minimum Gasteiger partial charge on any atom is -0.325 e. The van der Waals surface area contributed by atoms with Crippen LogP contribution in [0, 0.1) is 27.7 Å². The Hall–Kier alpha value is -1.74. The van der Waals surface area contributed by atoms with Crippen molar-refractivity contribution in [2.75, 3.05) is 0 Å². The molecule has 1 aromatic heterocycles. The van der Waals surface area contributed by atoms with Crippen LogP contribution in [0.5, 0.6) is 0 Å². The van der Waals surface area contributed by atoms with Gasteiger partial charge in [-0.2, -0.15) is 0 Å². The van der Waals surface area contributed by atoms with E-state index in [2.05, 4.69) is 42.9 Å². The van der Waals surface area contributed by atoms with Crippen LogP contribution in [0.15, 0.2) is 18.2 Å². The van der Waals surface area contributed by atoms with Gasteiger partial charge in [0.1, 0.15) is 5.82 Å². The molecule has 0 saturated carbocycles. The van der Waals surface area contributed by atoms with Gasteiger partial charge in [0.15, 0.2) is 0 Å². The molecule has 2 N–H and O–H groups in total. The van der Waals surface area contributed by atoms with E-state index < -0.39 is 0 Å². The molecule has 0 radical (unpaired) electrons. The monoisotopic (exact) mass is 241 g/mol. The van der Waals surface area contributed by atoms with Gasteiger partial charge in [-0.1, -0.05) is 17.7 Å². The summed E-state index contributed by atoms with van der Waals surface area (Å²) in [7, 11) is 0. The molecule has 0 fully saturated rings. The van der Waals surface area contributed by atoms with E-state index in [1.165, 1.54) is 22.3 Å². The summed E-state index contributed by atoms with van der Waals surface area (Å²) in [5, 5.41) is 0. The highest BCUT2D eigenvalue weighted by Gasteiger charge is 2.10. The van der Waals surface area contributed by atoms with Gasteiger partial charge >= 0.3 is 0 Å². The molecule has 0 aliphatic carbocycles. The van der Waals surface area contributed by atoms with E-state index in [4.69, 9.17) is 5.73 Å². The average molecular weight is 241 g/mol. The van der Waals surface area contributed by atoms with Gasteiger partial charge in [0.05, 0.1) is 11.4 Å². The second kappa shape index (κ2) is 4.86. The number of benzene rings is 1. The van der Waals surface area contributed by atoms with Crippen molar-refractivity contribution >= 4 is 0 Å². The minimum atomic E-state index is 0.445. The molecule has 0 atom stereocenters. The molecule has 1 aromatic carbocycles. The molecule has 94 valence electrons. The molecule has 2 rings (SSSR count). The van der Waals surface area contributed by atoms with E-state index in [0.29, 0.717) is 6.54 Å². The van der Waals surface area contributed by atoms with Crippen molar-refractivity contribution in [2.45, 2.75) is 34.2 Å². The number of nitrogens with zero attached hydrogens (tertiary/aromatic N) is 2. The van der Waals surface area contributed by atoms with Crippen molar-refractivity contribution in [1.82, 2.24) is 9.97 Å². The Morgan fingerprint density at radius 1 is 0.944 bits per heavy atom. The zero-order valence-electron chi connectivity index (χ0n) is 11.4. The molecule has 1 heterocycles. The number of aromatic nitrogens is 2. The third-order valence-corrected chi connectivity index (χ3v) is 3.03. The Kier molecular flexibility index (Phi) is 3.43. The first kappa shape index (κ1) is 12.7. The van der Waals surface area contributed by atoms with Crippen molar-refractivity contribution in [3.8, 4) is 11.3 Å². The topological polar surface area (TPSA) is 51.8 Å². The summed E-state index contributed by atoms with van der Waals surface area (Å²) in [6.45, 7) is 8.70. The van der Waals surface area contributed by atoms with E-state index in [9.17, 15) is 0 Å². The number of nitrogens with two attached hydrogens (primary N) is 1. The van der Waals surface area contributed by atoms with Crippen molar-refractivity contribution in [2.24, 2.45) is 5.73 Å². The van der Waals surface area contributed by atoms with Gasteiger partial charge in [-0.05, 0) is 44.9 Å². The van der Waals surface area contributed by atoms with Crippen LogP contribution in [0.25, 0.3) is 11.3 Å². The van der Waals surface area contributed by atoms with Gasteiger partial charge in [0.2, 0.25) is 0 Å². The van der Waals surface area contributed by atoms with Crippen LogP contribution in [0.3, 0.4) is 0 Å². The lowest BCUT2D eigenvalue weighted by molar-refractivity contribution is 0.928. The van der Waals surface area contributed by atoms with Gasteiger partial charge in [-0.15, -0.1) is 0 Å². The highest BCUT2D eigenvalue weighted by atomic mass is 14.9. The van der Waals surface area contributed by atoms with Crippen molar-refractivity contribution < 1.29 is 0 Å². The second-order valence-corrected chi connectivity index (χ2v) is 4.77.